The maximum absolute atomic E-state index is 12.0. The van der Waals surface area contributed by atoms with Crippen molar-refractivity contribution in [2.24, 2.45) is 0 Å². The highest BCUT2D eigenvalue weighted by atomic mass is 16.5. The van der Waals surface area contributed by atoms with Gasteiger partial charge >= 0.3 is 12.1 Å². The van der Waals surface area contributed by atoms with Gasteiger partial charge in [0.25, 0.3) is 0 Å². The second-order valence-corrected chi connectivity index (χ2v) is 5.01. The Balaban J connectivity index is 1.89. The van der Waals surface area contributed by atoms with Crippen LogP contribution in [0.1, 0.15) is 5.69 Å². The van der Waals surface area contributed by atoms with Gasteiger partial charge in [0.2, 0.25) is 5.95 Å². The van der Waals surface area contributed by atoms with E-state index in [9.17, 15) is 9.59 Å². The van der Waals surface area contributed by atoms with Crippen LogP contribution in [0.3, 0.4) is 0 Å². The Kier molecular flexibility index (Phi) is 6.52. The molecule has 9 heteroatoms. The number of benzene rings is 1. The molecule has 132 valence electrons. The number of hydrogen-bond acceptors (Lipinski definition) is 6. The van der Waals surface area contributed by atoms with Gasteiger partial charge in [-0.3, -0.25) is 5.32 Å². The van der Waals surface area contributed by atoms with Crippen molar-refractivity contribution in [3.05, 3.63) is 42.1 Å². The van der Waals surface area contributed by atoms with Gasteiger partial charge in [-0.25, -0.2) is 14.6 Å². The lowest BCUT2D eigenvalue weighted by Crippen LogP contribution is -2.28. The number of methoxy groups -OCH3 is 1. The van der Waals surface area contributed by atoms with Gasteiger partial charge in [-0.1, -0.05) is 18.2 Å². The SMILES string of the molecule is COC(=O)NCCNc1cc(C)nc(NC(=O)Nc2ccccc2)n1. The van der Waals surface area contributed by atoms with Crippen LogP contribution in [-0.4, -0.2) is 42.3 Å². The second kappa shape index (κ2) is 9.06. The maximum Gasteiger partial charge on any atom is 0.406 e. The topological polar surface area (TPSA) is 117 Å². The molecule has 0 fully saturated rings. The van der Waals surface area contributed by atoms with Gasteiger partial charge in [0, 0.05) is 30.5 Å². The molecule has 1 heterocycles. The fourth-order valence-electron chi connectivity index (χ4n) is 1.93. The fourth-order valence-corrected chi connectivity index (χ4v) is 1.93. The van der Waals surface area contributed by atoms with Crippen molar-refractivity contribution < 1.29 is 14.3 Å². The van der Waals surface area contributed by atoms with Crippen LogP contribution in [0, 0.1) is 6.92 Å². The number of anilines is 3. The zero-order valence-corrected chi connectivity index (χ0v) is 14.0. The number of para-hydroxylation sites is 1. The van der Waals surface area contributed by atoms with E-state index in [0.717, 1.165) is 0 Å². The molecule has 0 aliphatic rings. The van der Waals surface area contributed by atoms with E-state index in [1.54, 1.807) is 25.1 Å². The van der Waals surface area contributed by atoms with Gasteiger partial charge in [0.15, 0.2) is 0 Å². The Morgan fingerprint density at radius 1 is 1.08 bits per heavy atom. The first-order chi connectivity index (χ1) is 12.1. The van der Waals surface area contributed by atoms with E-state index in [2.05, 4.69) is 36.0 Å². The van der Waals surface area contributed by atoms with Crippen molar-refractivity contribution >= 4 is 29.6 Å². The van der Waals surface area contributed by atoms with Crippen molar-refractivity contribution in [1.82, 2.24) is 15.3 Å². The van der Waals surface area contributed by atoms with E-state index in [1.165, 1.54) is 7.11 Å². The molecule has 0 spiro atoms. The third-order valence-electron chi connectivity index (χ3n) is 3.00. The van der Waals surface area contributed by atoms with Gasteiger partial charge in [0.1, 0.15) is 5.82 Å². The van der Waals surface area contributed by atoms with Crippen molar-refractivity contribution in [3.8, 4) is 0 Å². The molecule has 9 nitrogen and oxygen atoms in total. The minimum Gasteiger partial charge on any atom is -0.453 e. The number of amides is 3. The average Bonchev–Trinajstić information content (AvgIpc) is 2.58. The Morgan fingerprint density at radius 3 is 2.56 bits per heavy atom. The molecule has 2 aromatic rings. The molecule has 25 heavy (non-hydrogen) atoms. The van der Waals surface area contributed by atoms with Gasteiger partial charge in [-0.15, -0.1) is 0 Å². The highest BCUT2D eigenvalue weighted by molar-refractivity contribution is 5.98. The van der Waals surface area contributed by atoms with Crippen LogP contribution >= 0.6 is 0 Å². The molecule has 0 unspecified atom stereocenters. The first kappa shape index (κ1) is 18.0. The van der Waals surface area contributed by atoms with Crippen LogP contribution < -0.4 is 21.3 Å². The Morgan fingerprint density at radius 2 is 1.84 bits per heavy atom. The lowest BCUT2D eigenvalue weighted by Gasteiger charge is -2.10. The molecule has 0 aliphatic carbocycles. The van der Waals surface area contributed by atoms with Crippen LogP contribution in [0.25, 0.3) is 0 Å². The smallest absolute Gasteiger partial charge is 0.406 e. The summed E-state index contributed by atoms with van der Waals surface area (Å²) < 4.78 is 4.48. The molecule has 0 aliphatic heterocycles. The first-order valence-corrected chi connectivity index (χ1v) is 7.61. The van der Waals surface area contributed by atoms with E-state index < -0.39 is 12.1 Å². The van der Waals surface area contributed by atoms with Crippen molar-refractivity contribution in [2.75, 3.05) is 36.1 Å². The number of nitrogens with one attached hydrogen (secondary N) is 4. The quantitative estimate of drug-likeness (QED) is 0.597. The molecule has 4 N–H and O–H groups in total. The van der Waals surface area contributed by atoms with Crippen molar-refractivity contribution in [2.45, 2.75) is 6.92 Å². The van der Waals surface area contributed by atoms with Gasteiger partial charge in [-0.2, -0.15) is 4.98 Å². The minimum absolute atomic E-state index is 0.178. The lowest BCUT2D eigenvalue weighted by atomic mass is 10.3. The highest BCUT2D eigenvalue weighted by Crippen LogP contribution is 2.10. The molecular formula is C16H20N6O3. The molecule has 0 saturated heterocycles. The van der Waals surface area contributed by atoms with Crippen molar-refractivity contribution in [1.29, 1.82) is 0 Å². The van der Waals surface area contributed by atoms with E-state index in [-0.39, 0.29) is 5.95 Å². The Labute approximate surface area is 145 Å². The summed E-state index contributed by atoms with van der Waals surface area (Å²) in [7, 11) is 1.30. The molecule has 3 amide bonds. The summed E-state index contributed by atoms with van der Waals surface area (Å²) in [5.74, 6) is 0.714. The molecule has 0 bridgehead atoms. The number of nitrogens with zero attached hydrogens (tertiary/aromatic N) is 2. The number of aromatic nitrogens is 2. The third kappa shape index (κ3) is 6.34. The van der Waals surface area contributed by atoms with Crippen molar-refractivity contribution in [3.63, 3.8) is 0 Å². The molecule has 1 aromatic carbocycles. The average molecular weight is 344 g/mol. The first-order valence-electron chi connectivity index (χ1n) is 7.61. The van der Waals surface area contributed by atoms with Crippen LogP contribution in [-0.2, 0) is 4.74 Å². The predicted molar refractivity (Wildman–Crippen MR) is 94.7 cm³/mol. The Bertz CT molecular complexity index is 723. The minimum atomic E-state index is -0.499. The lowest BCUT2D eigenvalue weighted by molar-refractivity contribution is 0.171. The molecule has 0 saturated carbocycles. The van der Waals surface area contributed by atoms with Crippen LogP contribution in [0.2, 0.25) is 0 Å². The fraction of sp³-hybridized carbons (Fsp3) is 0.250. The molecule has 0 radical (unpaired) electrons. The van der Waals surface area contributed by atoms with E-state index in [4.69, 9.17) is 0 Å². The normalized spacial score (nSPS) is 9.84. The third-order valence-corrected chi connectivity index (χ3v) is 3.00. The number of urea groups is 1. The molecule has 1 aromatic heterocycles. The number of carbonyl (C=O) groups is 2. The van der Waals surface area contributed by atoms with Gasteiger partial charge in [0.05, 0.1) is 7.11 Å². The van der Waals surface area contributed by atoms with Gasteiger partial charge in [-0.05, 0) is 19.1 Å². The van der Waals surface area contributed by atoms with Crippen LogP contribution in [0.15, 0.2) is 36.4 Å². The van der Waals surface area contributed by atoms with E-state index in [1.807, 2.05) is 18.2 Å². The summed E-state index contributed by atoms with van der Waals surface area (Å²) >= 11 is 0. The number of rotatable bonds is 6. The maximum atomic E-state index is 12.0. The summed E-state index contributed by atoms with van der Waals surface area (Å²) in [6.45, 7) is 2.61. The van der Waals surface area contributed by atoms with E-state index in [0.29, 0.717) is 30.3 Å². The van der Waals surface area contributed by atoms with Gasteiger partial charge < -0.3 is 20.7 Å². The highest BCUT2D eigenvalue weighted by Gasteiger charge is 2.07. The summed E-state index contributed by atoms with van der Waals surface area (Å²) in [5, 5.41) is 10.9. The number of ether oxygens (including phenoxy) is 1. The molecule has 0 atom stereocenters. The number of carbonyl (C=O) groups excluding carboxylic acids is 2. The zero-order valence-electron chi connectivity index (χ0n) is 14.0. The molecule has 2 rings (SSSR count). The van der Waals surface area contributed by atoms with E-state index >= 15 is 0 Å². The monoisotopic (exact) mass is 344 g/mol. The zero-order chi connectivity index (χ0) is 18.1. The molecular weight excluding hydrogens is 324 g/mol. The number of hydrogen-bond donors (Lipinski definition) is 4. The summed E-state index contributed by atoms with van der Waals surface area (Å²) in [6.07, 6.45) is -0.499. The summed E-state index contributed by atoms with van der Waals surface area (Å²) in [5.41, 5.74) is 1.35. The largest absolute Gasteiger partial charge is 0.453 e. The predicted octanol–water partition coefficient (Wildman–Crippen LogP) is 2.20. The van der Waals surface area contributed by atoms with Crippen LogP contribution in [0.5, 0.6) is 0 Å². The van der Waals surface area contributed by atoms with Crippen LogP contribution in [0.4, 0.5) is 27.0 Å². The summed E-state index contributed by atoms with van der Waals surface area (Å²) in [6, 6.07) is 10.4. The Hall–Kier alpha value is -3.36. The summed E-state index contributed by atoms with van der Waals surface area (Å²) in [4.78, 5) is 31.3. The number of alkyl carbamates (subject to hydrolysis) is 1. The number of aryl methyl sites for hydroxylation is 1. The standard InChI is InChI=1S/C16H20N6O3/c1-11-10-13(17-8-9-18-16(24)25-2)21-14(19-11)22-15(23)20-12-6-4-3-5-7-12/h3-7,10H,8-9H2,1-2H3,(H,18,24)(H3,17,19,20,21,22,23). The second-order valence-electron chi connectivity index (χ2n) is 5.01.